The largest absolute Gasteiger partial charge is 0.438 e. The van der Waals surface area contributed by atoms with Crippen LogP contribution in [0.1, 0.15) is 16.8 Å². The Morgan fingerprint density at radius 1 is 1.28 bits per heavy atom. The highest BCUT2D eigenvalue weighted by atomic mass is 16.5. The fourth-order valence-electron chi connectivity index (χ4n) is 1.76. The van der Waals surface area contributed by atoms with Crippen molar-refractivity contribution in [2.24, 2.45) is 7.05 Å². The van der Waals surface area contributed by atoms with E-state index in [-0.39, 0.29) is 0 Å². The van der Waals surface area contributed by atoms with Crippen LogP contribution in [0.5, 0.6) is 11.6 Å². The van der Waals surface area contributed by atoms with E-state index in [4.69, 9.17) is 15.7 Å². The van der Waals surface area contributed by atoms with Crippen molar-refractivity contribution in [3.05, 3.63) is 41.1 Å². The molecule has 2 aromatic rings. The van der Waals surface area contributed by atoms with Gasteiger partial charge in [0.1, 0.15) is 17.5 Å². The fraction of sp³-hybridized carbons (Fsp3) is 0.214. The summed E-state index contributed by atoms with van der Waals surface area (Å²) in [7, 11) is 1.76. The van der Waals surface area contributed by atoms with Crippen molar-refractivity contribution in [3.8, 4) is 17.7 Å². The molecule has 0 aliphatic carbocycles. The summed E-state index contributed by atoms with van der Waals surface area (Å²) in [6, 6.07) is 9.66. The Hall–Kier alpha value is -2.41. The van der Waals surface area contributed by atoms with Crippen molar-refractivity contribution in [2.75, 3.05) is 5.73 Å². The topological polar surface area (TPSA) is 64.0 Å². The van der Waals surface area contributed by atoms with Gasteiger partial charge in [-0.15, -0.1) is 0 Å². The molecule has 0 aliphatic heterocycles. The van der Waals surface area contributed by atoms with Gasteiger partial charge < -0.3 is 15.0 Å². The van der Waals surface area contributed by atoms with Gasteiger partial charge in [0.05, 0.1) is 5.69 Å². The van der Waals surface area contributed by atoms with Crippen molar-refractivity contribution in [1.82, 2.24) is 4.57 Å². The number of aromatic nitrogens is 1. The molecular formula is C14H15N3O. The van der Waals surface area contributed by atoms with Crippen molar-refractivity contribution < 1.29 is 4.74 Å². The minimum Gasteiger partial charge on any atom is -0.438 e. The molecule has 0 aliphatic rings. The Morgan fingerprint density at radius 3 is 2.61 bits per heavy atom. The van der Waals surface area contributed by atoms with E-state index in [0.29, 0.717) is 17.3 Å². The second-order valence-electron chi connectivity index (χ2n) is 4.33. The van der Waals surface area contributed by atoms with Crippen LogP contribution < -0.4 is 10.5 Å². The zero-order valence-corrected chi connectivity index (χ0v) is 10.7. The Morgan fingerprint density at radius 2 is 2.00 bits per heavy atom. The highest BCUT2D eigenvalue weighted by Crippen LogP contribution is 2.32. The molecule has 0 spiro atoms. The van der Waals surface area contributed by atoms with Crippen LogP contribution in [-0.4, -0.2) is 4.57 Å². The van der Waals surface area contributed by atoms with Crippen LogP contribution in [0.15, 0.2) is 24.3 Å². The summed E-state index contributed by atoms with van der Waals surface area (Å²) in [5, 5.41) is 8.94. The van der Waals surface area contributed by atoms with E-state index in [0.717, 1.165) is 16.9 Å². The van der Waals surface area contributed by atoms with Crippen LogP contribution in [0.4, 0.5) is 5.69 Å². The van der Waals surface area contributed by atoms with E-state index < -0.39 is 0 Å². The molecule has 0 fully saturated rings. The number of ether oxygens (including phenoxy) is 1. The number of hydrogen-bond acceptors (Lipinski definition) is 3. The molecule has 1 aromatic heterocycles. The molecule has 0 bridgehead atoms. The summed E-state index contributed by atoms with van der Waals surface area (Å²) < 4.78 is 7.47. The maximum Gasteiger partial charge on any atom is 0.224 e. The molecule has 1 aromatic carbocycles. The molecule has 0 amide bonds. The van der Waals surface area contributed by atoms with Gasteiger partial charge in [-0.3, -0.25) is 0 Å². The molecule has 18 heavy (non-hydrogen) atoms. The second kappa shape index (κ2) is 4.46. The van der Waals surface area contributed by atoms with Crippen LogP contribution >= 0.6 is 0 Å². The lowest BCUT2D eigenvalue weighted by atomic mass is 10.1. The van der Waals surface area contributed by atoms with Gasteiger partial charge in [0.2, 0.25) is 5.88 Å². The van der Waals surface area contributed by atoms with Crippen molar-refractivity contribution in [3.63, 3.8) is 0 Å². The van der Waals surface area contributed by atoms with Crippen LogP contribution in [0, 0.1) is 25.2 Å². The quantitative estimate of drug-likeness (QED) is 0.879. The Balaban J connectivity index is 2.43. The normalized spacial score (nSPS) is 10.1. The molecule has 4 nitrogen and oxygen atoms in total. The van der Waals surface area contributed by atoms with Crippen molar-refractivity contribution >= 4 is 5.69 Å². The molecule has 1 heterocycles. The minimum atomic E-state index is 0.468. The maximum absolute atomic E-state index is 8.94. The monoisotopic (exact) mass is 241 g/mol. The standard InChI is InChI=1S/C14H15N3O/c1-9-4-5-10(2)13(6-9)18-14-12(16)7-11(8-15)17(14)3/h4-7H,16H2,1-3H3. The third-order valence-electron chi connectivity index (χ3n) is 2.87. The number of nitrogens with two attached hydrogens (primary N) is 1. The first-order valence-electron chi connectivity index (χ1n) is 5.63. The molecule has 0 radical (unpaired) electrons. The number of aryl methyl sites for hydroxylation is 2. The summed E-state index contributed by atoms with van der Waals surface area (Å²) in [6.45, 7) is 3.97. The number of hydrogen-bond donors (Lipinski definition) is 1. The van der Waals surface area contributed by atoms with Crippen LogP contribution in [0.3, 0.4) is 0 Å². The van der Waals surface area contributed by atoms with Crippen LogP contribution in [0.25, 0.3) is 0 Å². The van der Waals surface area contributed by atoms with Crippen LogP contribution in [-0.2, 0) is 7.05 Å². The van der Waals surface area contributed by atoms with E-state index in [1.165, 1.54) is 0 Å². The minimum absolute atomic E-state index is 0.468. The summed E-state index contributed by atoms with van der Waals surface area (Å²) in [5.74, 6) is 1.26. The first-order chi connectivity index (χ1) is 8.52. The van der Waals surface area contributed by atoms with Gasteiger partial charge >= 0.3 is 0 Å². The lowest BCUT2D eigenvalue weighted by Gasteiger charge is -2.11. The molecule has 2 rings (SSSR count). The van der Waals surface area contributed by atoms with E-state index in [9.17, 15) is 0 Å². The van der Waals surface area contributed by atoms with E-state index >= 15 is 0 Å². The number of nitrogen functional groups attached to an aromatic ring is 1. The lowest BCUT2D eigenvalue weighted by Crippen LogP contribution is -1.98. The third-order valence-corrected chi connectivity index (χ3v) is 2.87. The first kappa shape index (κ1) is 12.1. The molecule has 2 N–H and O–H groups in total. The molecule has 0 unspecified atom stereocenters. The average Bonchev–Trinajstić information content (AvgIpc) is 2.61. The van der Waals surface area contributed by atoms with Crippen LogP contribution in [0.2, 0.25) is 0 Å². The predicted molar refractivity (Wildman–Crippen MR) is 70.5 cm³/mol. The number of nitrogens with zero attached hydrogens (tertiary/aromatic N) is 2. The van der Waals surface area contributed by atoms with Crippen molar-refractivity contribution in [2.45, 2.75) is 13.8 Å². The zero-order chi connectivity index (χ0) is 13.3. The summed E-state index contributed by atoms with van der Waals surface area (Å²) in [6.07, 6.45) is 0. The molecule has 0 saturated heterocycles. The summed E-state index contributed by atoms with van der Waals surface area (Å²) in [4.78, 5) is 0. The smallest absolute Gasteiger partial charge is 0.224 e. The summed E-state index contributed by atoms with van der Waals surface area (Å²) >= 11 is 0. The molecular weight excluding hydrogens is 226 g/mol. The zero-order valence-electron chi connectivity index (χ0n) is 10.7. The molecule has 0 atom stereocenters. The predicted octanol–water partition coefficient (Wildman–Crippen LogP) is 2.89. The van der Waals surface area contributed by atoms with Gasteiger partial charge in [0, 0.05) is 13.1 Å². The fourth-order valence-corrected chi connectivity index (χ4v) is 1.76. The number of rotatable bonds is 2. The highest BCUT2D eigenvalue weighted by molar-refractivity contribution is 5.56. The maximum atomic E-state index is 8.94. The van der Waals surface area contributed by atoms with Gasteiger partial charge in [-0.05, 0) is 31.0 Å². The lowest BCUT2D eigenvalue weighted by molar-refractivity contribution is 0.441. The van der Waals surface area contributed by atoms with Crippen molar-refractivity contribution in [1.29, 1.82) is 5.26 Å². The molecule has 4 heteroatoms. The number of anilines is 1. The second-order valence-corrected chi connectivity index (χ2v) is 4.33. The third kappa shape index (κ3) is 2.03. The Kier molecular flexibility index (Phi) is 2.99. The SMILES string of the molecule is Cc1ccc(C)c(Oc2c(N)cc(C#N)n2C)c1. The Bertz CT molecular complexity index is 635. The van der Waals surface area contributed by atoms with E-state index in [2.05, 4.69) is 6.07 Å². The van der Waals surface area contributed by atoms with Gasteiger partial charge in [-0.2, -0.15) is 5.26 Å². The Labute approximate surface area is 106 Å². The molecule has 0 saturated carbocycles. The number of benzene rings is 1. The van der Waals surface area contributed by atoms with Gasteiger partial charge in [0.25, 0.3) is 0 Å². The average molecular weight is 241 g/mol. The molecule has 92 valence electrons. The van der Waals surface area contributed by atoms with E-state index in [1.54, 1.807) is 17.7 Å². The van der Waals surface area contributed by atoms with Gasteiger partial charge in [-0.1, -0.05) is 12.1 Å². The first-order valence-corrected chi connectivity index (χ1v) is 5.63. The van der Waals surface area contributed by atoms with E-state index in [1.807, 2.05) is 32.0 Å². The van der Waals surface area contributed by atoms with Gasteiger partial charge in [0.15, 0.2) is 0 Å². The number of nitriles is 1. The highest BCUT2D eigenvalue weighted by Gasteiger charge is 2.13. The van der Waals surface area contributed by atoms with Gasteiger partial charge in [-0.25, -0.2) is 0 Å². The summed E-state index contributed by atoms with van der Waals surface area (Å²) in [5.41, 5.74) is 8.95.